The standard InChI is InChI=1S/C17H16N2O3S/c20-14(21)9-8-12-15(11-5-2-1-3-6-11)18-17(23)19-16(12)13-7-4-10-22-13/h1-7,10,16H,8-9H2,(H,20,21)(H2,18,19,23). The molecule has 3 N–H and O–H groups in total. The lowest BCUT2D eigenvalue weighted by molar-refractivity contribution is -0.136. The number of thiocarbonyl (C=S) groups is 1. The Morgan fingerprint density at radius 2 is 2.00 bits per heavy atom. The zero-order chi connectivity index (χ0) is 16.2. The highest BCUT2D eigenvalue weighted by atomic mass is 32.1. The van der Waals surface area contributed by atoms with Crippen LogP contribution < -0.4 is 10.6 Å². The highest BCUT2D eigenvalue weighted by molar-refractivity contribution is 7.80. The summed E-state index contributed by atoms with van der Waals surface area (Å²) in [6.45, 7) is 0. The van der Waals surface area contributed by atoms with Crippen LogP contribution in [0.3, 0.4) is 0 Å². The Labute approximate surface area is 139 Å². The number of hydrogen-bond donors (Lipinski definition) is 3. The van der Waals surface area contributed by atoms with Gasteiger partial charge in [0.1, 0.15) is 11.8 Å². The van der Waals surface area contributed by atoms with Crippen molar-refractivity contribution in [1.82, 2.24) is 10.6 Å². The van der Waals surface area contributed by atoms with Gasteiger partial charge in [0.15, 0.2) is 5.11 Å². The van der Waals surface area contributed by atoms with E-state index in [9.17, 15) is 4.79 Å². The number of furan rings is 1. The van der Waals surface area contributed by atoms with Crippen molar-refractivity contribution < 1.29 is 14.3 Å². The average Bonchev–Trinajstić information content (AvgIpc) is 3.08. The van der Waals surface area contributed by atoms with Gasteiger partial charge in [-0.05, 0) is 41.9 Å². The minimum Gasteiger partial charge on any atom is -0.481 e. The van der Waals surface area contributed by atoms with Crippen molar-refractivity contribution in [1.29, 1.82) is 0 Å². The molecule has 0 saturated carbocycles. The van der Waals surface area contributed by atoms with Gasteiger partial charge in [0.2, 0.25) is 0 Å². The molecule has 118 valence electrons. The molecule has 1 aliphatic rings. The first-order valence-corrected chi connectivity index (χ1v) is 7.67. The Morgan fingerprint density at radius 1 is 1.22 bits per heavy atom. The van der Waals surface area contributed by atoms with Crippen LogP contribution in [0.2, 0.25) is 0 Å². The number of carboxylic acids is 1. The first-order chi connectivity index (χ1) is 11.1. The van der Waals surface area contributed by atoms with Crippen LogP contribution in [0.5, 0.6) is 0 Å². The van der Waals surface area contributed by atoms with Crippen LogP contribution >= 0.6 is 12.2 Å². The van der Waals surface area contributed by atoms with Crippen LogP contribution in [0.15, 0.2) is 58.7 Å². The van der Waals surface area contributed by atoms with E-state index >= 15 is 0 Å². The molecule has 0 radical (unpaired) electrons. The van der Waals surface area contributed by atoms with Crippen molar-refractivity contribution in [3.8, 4) is 0 Å². The molecule has 0 fully saturated rings. The molecule has 6 heteroatoms. The van der Waals surface area contributed by atoms with Crippen molar-refractivity contribution in [2.75, 3.05) is 0 Å². The highest BCUT2D eigenvalue weighted by Gasteiger charge is 2.29. The molecule has 5 nitrogen and oxygen atoms in total. The van der Waals surface area contributed by atoms with Gasteiger partial charge in [0.05, 0.1) is 6.26 Å². The quantitative estimate of drug-likeness (QED) is 0.733. The van der Waals surface area contributed by atoms with E-state index < -0.39 is 5.97 Å². The molecule has 1 aromatic heterocycles. The predicted octanol–water partition coefficient (Wildman–Crippen LogP) is 3.07. The number of nitrogens with one attached hydrogen (secondary N) is 2. The summed E-state index contributed by atoms with van der Waals surface area (Å²) in [6, 6.07) is 13.1. The summed E-state index contributed by atoms with van der Waals surface area (Å²) in [6.07, 6.45) is 2.03. The Hall–Kier alpha value is -2.60. The lowest BCUT2D eigenvalue weighted by Gasteiger charge is -2.31. The lowest BCUT2D eigenvalue weighted by atomic mass is 9.93. The summed E-state index contributed by atoms with van der Waals surface area (Å²) >= 11 is 5.31. The molecular weight excluding hydrogens is 312 g/mol. The van der Waals surface area contributed by atoms with E-state index in [1.54, 1.807) is 12.3 Å². The second kappa shape index (κ2) is 6.66. The molecule has 3 rings (SSSR count). The minimum absolute atomic E-state index is 0.0407. The van der Waals surface area contributed by atoms with Gasteiger partial charge in [-0.3, -0.25) is 4.79 Å². The molecule has 1 aliphatic heterocycles. The highest BCUT2D eigenvalue weighted by Crippen LogP contribution is 2.33. The van der Waals surface area contributed by atoms with Gasteiger partial charge in [-0.1, -0.05) is 30.3 Å². The van der Waals surface area contributed by atoms with E-state index in [0.29, 0.717) is 17.3 Å². The summed E-state index contributed by atoms with van der Waals surface area (Å²) in [5, 5.41) is 15.9. The Kier molecular flexibility index (Phi) is 4.43. The molecule has 1 aromatic carbocycles. The molecule has 1 unspecified atom stereocenters. The summed E-state index contributed by atoms with van der Waals surface area (Å²) < 4.78 is 5.51. The summed E-state index contributed by atoms with van der Waals surface area (Å²) in [5.41, 5.74) is 2.73. The van der Waals surface area contributed by atoms with Crippen molar-refractivity contribution in [2.45, 2.75) is 18.9 Å². The van der Waals surface area contributed by atoms with Gasteiger partial charge in [0.25, 0.3) is 0 Å². The van der Waals surface area contributed by atoms with E-state index in [0.717, 1.165) is 16.8 Å². The number of benzene rings is 1. The Balaban J connectivity index is 2.07. The molecule has 2 heterocycles. The van der Waals surface area contributed by atoms with E-state index in [1.165, 1.54) is 0 Å². The molecule has 0 spiro atoms. The third-order valence-electron chi connectivity index (χ3n) is 3.68. The van der Waals surface area contributed by atoms with Crippen molar-refractivity contribution in [2.24, 2.45) is 0 Å². The maximum atomic E-state index is 11.0. The van der Waals surface area contributed by atoms with Crippen LogP contribution in [0.4, 0.5) is 0 Å². The lowest BCUT2D eigenvalue weighted by Crippen LogP contribution is -2.43. The molecule has 0 aliphatic carbocycles. The van der Waals surface area contributed by atoms with Crippen LogP contribution in [0.1, 0.15) is 30.2 Å². The van der Waals surface area contributed by atoms with Gasteiger partial charge >= 0.3 is 5.97 Å². The smallest absolute Gasteiger partial charge is 0.303 e. The van der Waals surface area contributed by atoms with E-state index in [2.05, 4.69) is 10.6 Å². The molecule has 2 aromatic rings. The molecule has 0 saturated heterocycles. The third kappa shape index (κ3) is 3.43. The second-order valence-corrected chi connectivity index (χ2v) is 5.62. The second-order valence-electron chi connectivity index (χ2n) is 5.21. The number of carboxylic acid groups (broad SMARTS) is 1. The predicted molar refractivity (Wildman–Crippen MR) is 90.6 cm³/mol. The van der Waals surface area contributed by atoms with Crippen molar-refractivity contribution >= 4 is 29.0 Å². The van der Waals surface area contributed by atoms with E-state index in [1.807, 2.05) is 36.4 Å². The number of rotatable bonds is 5. The fraction of sp³-hybridized carbons (Fsp3) is 0.176. The maximum absolute atomic E-state index is 11.0. The number of carbonyl (C=O) groups is 1. The average molecular weight is 328 g/mol. The van der Waals surface area contributed by atoms with Gasteiger partial charge in [-0.25, -0.2) is 0 Å². The summed E-state index contributed by atoms with van der Waals surface area (Å²) in [7, 11) is 0. The topological polar surface area (TPSA) is 74.5 Å². The van der Waals surface area contributed by atoms with Crippen LogP contribution in [0.25, 0.3) is 5.70 Å². The maximum Gasteiger partial charge on any atom is 0.303 e. The van der Waals surface area contributed by atoms with Crippen LogP contribution in [-0.4, -0.2) is 16.2 Å². The van der Waals surface area contributed by atoms with Crippen LogP contribution in [0, 0.1) is 0 Å². The molecule has 23 heavy (non-hydrogen) atoms. The first-order valence-electron chi connectivity index (χ1n) is 7.26. The fourth-order valence-electron chi connectivity index (χ4n) is 2.66. The molecular formula is C17H16N2O3S. The fourth-order valence-corrected chi connectivity index (χ4v) is 2.88. The number of aliphatic carboxylic acids is 1. The molecule has 1 atom stereocenters. The Morgan fingerprint density at radius 3 is 2.65 bits per heavy atom. The summed E-state index contributed by atoms with van der Waals surface area (Å²) in [4.78, 5) is 11.0. The van der Waals surface area contributed by atoms with E-state index in [4.69, 9.17) is 21.7 Å². The van der Waals surface area contributed by atoms with Gasteiger partial charge in [-0.2, -0.15) is 0 Å². The zero-order valence-corrected chi connectivity index (χ0v) is 13.1. The zero-order valence-electron chi connectivity index (χ0n) is 12.3. The normalized spacial score (nSPS) is 17.6. The van der Waals surface area contributed by atoms with Gasteiger partial charge in [-0.15, -0.1) is 0 Å². The van der Waals surface area contributed by atoms with Crippen LogP contribution in [-0.2, 0) is 4.79 Å². The Bertz CT molecular complexity index is 738. The number of hydrogen-bond acceptors (Lipinski definition) is 3. The first kappa shape index (κ1) is 15.3. The minimum atomic E-state index is -0.837. The van der Waals surface area contributed by atoms with Gasteiger partial charge < -0.3 is 20.2 Å². The monoisotopic (exact) mass is 328 g/mol. The summed E-state index contributed by atoms with van der Waals surface area (Å²) in [5.74, 6) is -0.126. The van der Waals surface area contributed by atoms with Crippen molar-refractivity contribution in [3.05, 3.63) is 65.6 Å². The SMILES string of the molecule is O=C(O)CCC1=C(c2ccccc2)NC(=S)NC1c1ccco1. The van der Waals surface area contributed by atoms with E-state index in [-0.39, 0.29) is 12.5 Å². The third-order valence-corrected chi connectivity index (χ3v) is 3.90. The largest absolute Gasteiger partial charge is 0.481 e. The van der Waals surface area contributed by atoms with Crippen molar-refractivity contribution in [3.63, 3.8) is 0 Å². The molecule has 0 amide bonds. The van der Waals surface area contributed by atoms with Gasteiger partial charge in [0, 0.05) is 12.1 Å². The molecule has 0 bridgehead atoms.